The first-order valence-corrected chi connectivity index (χ1v) is 9.05. The molecule has 1 saturated carbocycles. The average molecular weight is 360 g/mol. The summed E-state index contributed by atoms with van der Waals surface area (Å²) in [7, 11) is 1.35. The van der Waals surface area contributed by atoms with Crippen molar-refractivity contribution in [1.29, 1.82) is 0 Å². The van der Waals surface area contributed by atoms with Gasteiger partial charge in [-0.05, 0) is 37.5 Å². The fourth-order valence-corrected chi connectivity index (χ4v) is 3.34. The molecule has 8 heteroatoms. The van der Waals surface area contributed by atoms with Gasteiger partial charge in [0.25, 0.3) is 0 Å². The van der Waals surface area contributed by atoms with Crippen LogP contribution in [-0.2, 0) is 16.1 Å². The zero-order valence-electron chi connectivity index (χ0n) is 14.2. The van der Waals surface area contributed by atoms with Gasteiger partial charge in [-0.1, -0.05) is 23.9 Å². The van der Waals surface area contributed by atoms with Crippen molar-refractivity contribution in [3.05, 3.63) is 41.2 Å². The summed E-state index contributed by atoms with van der Waals surface area (Å²) in [5, 5.41) is 11.9. The average Bonchev–Trinajstić information content (AvgIpc) is 3.40. The van der Waals surface area contributed by atoms with E-state index in [1.54, 1.807) is 24.3 Å². The van der Waals surface area contributed by atoms with E-state index in [4.69, 9.17) is 0 Å². The number of nitrogens with one attached hydrogen (secondary N) is 1. The van der Waals surface area contributed by atoms with Crippen molar-refractivity contribution in [3.8, 4) is 0 Å². The molecule has 3 rings (SSSR count). The summed E-state index contributed by atoms with van der Waals surface area (Å²) in [4.78, 5) is 23.4. The third-order valence-electron chi connectivity index (χ3n) is 3.94. The van der Waals surface area contributed by atoms with Crippen LogP contribution in [0.2, 0.25) is 0 Å². The Bertz CT molecular complexity index is 769. The van der Waals surface area contributed by atoms with Crippen molar-refractivity contribution in [2.75, 3.05) is 12.9 Å². The van der Waals surface area contributed by atoms with Crippen molar-refractivity contribution >= 4 is 23.6 Å². The Balaban J connectivity index is 1.47. The molecule has 1 heterocycles. The molecule has 1 aromatic carbocycles. The highest BCUT2D eigenvalue weighted by atomic mass is 32.2. The molecule has 2 aromatic rings. The maximum absolute atomic E-state index is 12.1. The van der Waals surface area contributed by atoms with Gasteiger partial charge in [0.1, 0.15) is 5.82 Å². The van der Waals surface area contributed by atoms with E-state index in [0.717, 1.165) is 29.4 Å². The number of benzene rings is 1. The monoisotopic (exact) mass is 360 g/mol. The van der Waals surface area contributed by atoms with E-state index in [9.17, 15) is 9.59 Å². The van der Waals surface area contributed by atoms with Crippen LogP contribution in [0.5, 0.6) is 0 Å². The van der Waals surface area contributed by atoms with Crippen LogP contribution >= 0.6 is 11.8 Å². The molecule has 0 bridgehead atoms. The number of hydrogen-bond acceptors (Lipinski definition) is 6. The normalized spacial score (nSPS) is 13.5. The molecule has 0 radical (unpaired) electrons. The van der Waals surface area contributed by atoms with E-state index < -0.39 is 0 Å². The topological polar surface area (TPSA) is 86.1 Å². The highest BCUT2D eigenvalue weighted by molar-refractivity contribution is 7.99. The first-order chi connectivity index (χ1) is 12.1. The first kappa shape index (κ1) is 17.5. The largest absolute Gasteiger partial charge is 0.465 e. The van der Waals surface area contributed by atoms with Crippen LogP contribution in [0.1, 0.15) is 40.6 Å². The third kappa shape index (κ3) is 4.39. The molecule has 1 aliphatic carbocycles. The van der Waals surface area contributed by atoms with Crippen LogP contribution in [0.15, 0.2) is 29.4 Å². The molecule has 1 amide bonds. The summed E-state index contributed by atoms with van der Waals surface area (Å²) in [6, 6.07) is 7.46. The van der Waals surface area contributed by atoms with Gasteiger partial charge in [-0.2, -0.15) is 0 Å². The van der Waals surface area contributed by atoms with Gasteiger partial charge in [0.2, 0.25) is 5.91 Å². The number of nitrogens with zero attached hydrogens (tertiary/aromatic N) is 3. The standard InChI is InChI=1S/C17H20N4O3S/c1-11-19-20-17(21(11)14-7-8-14)25-10-15(22)18-9-12-3-5-13(6-4-12)16(23)24-2/h3-6,14H,7-10H2,1-2H3,(H,18,22). The zero-order chi connectivity index (χ0) is 17.8. The van der Waals surface area contributed by atoms with Crippen LogP contribution < -0.4 is 5.32 Å². The van der Waals surface area contributed by atoms with E-state index in [0.29, 0.717) is 23.9 Å². The van der Waals surface area contributed by atoms with Crippen molar-refractivity contribution in [1.82, 2.24) is 20.1 Å². The molecule has 1 aromatic heterocycles. The van der Waals surface area contributed by atoms with E-state index in [-0.39, 0.29) is 11.9 Å². The Morgan fingerprint density at radius 3 is 2.64 bits per heavy atom. The number of esters is 1. The molecule has 0 unspecified atom stereocenters. The van der Waals surface area contributed by atoms with Gasteiger partial charge in [0.15, 0.2) is 5.16 Å². The summed E-state index contributed by atoms with van der Waals surface area (Å²) < 4.78 is 6.77. The quantitative estimate of drug-likeness (QED) is 0.601. The molecule has 0 atom stereocenters. The zero-order valence-corrected chi connectivity index (χ0v) is 15.0. The number of aryl methyl sites for hydroxylation is 1. The van der Waals surface area contributed by atoms with E-state index in [1.165, 1.54) is 18.9 Å². The second-order valence-corrected chi connectivity index (χ2v) is 6.83. The van der Waals surface area contributed by atoms with Crippen LogP contribution in [0.3, 0.4) is 0 Å². The number of carbonyl (C=O) groups is 2. The minimum absolute atomic E-state index is 0.0648. The predicted octanol–water partition coefficient (Wildman–Crippen LogP) is 2.12. The molecule has 25 heavy (non-hydrogen) atoms. The first-order valence-electron chi connectivity index (χ1n) is 8.06. The molecule has 0 spiro atoms. The second kappa shape index (κ2) is 7.69. The lowest BCUT2D eigenvalue weighted by Gasteiger charge is -2.07. The van der Waals surface area contributed by atoms with Crippen LogP contribution in [0.4, 0.5) is 0 Å². The second-order valence-electron chi connectivity index (χ2n) is 5.88. The minimum atomic E-state index is -0.373. The summed E-state index contributed by atoms with van der Waals surface area (Å²) in [5.74, 6) is 0.758. The molecule has 1 N–H and O–H groups in total. The lowest BCUT2D eigenvalue weighted by atomic mass is 10.1. The molecule has 0 saturated heterocycles. The number of hydrogen-bond donors (Lipinski definition) is 1. The van der Waals surface area contributed by atoms with Gasteiger partial charge in [0, 0.05) is 12.6 Å². The van der Waals surface area contributed by atoms with Crippen molar-refractivity contribution < 1.29 is 14.3 Å². The van der Waals surface area contributed by atoms with Gasteiger partial charge >= 0.3 is 5.97 Å². The van der Waals surface area contributed by atoms with Crippen molar-refractivity contribution in [2.45, 2.75) is 37.5 Å². The van der Waals surface area contributed by atoms with Gasteiger partial charge in [-0.15, -0.1) is 10.2 Å². The summed E-state index contributed by atoms with van der Waals surface area (Å²) >= 11 is 1.40. The molecule has 1 fully saturated rings. The number of thioether (sulfide) groups is 1. The van der Waals surface area contributed by atoms with Crippen LogP contribution in [0, 0.1) is 6.92 Å². The van der Waals surface area contributed by atoms with Crippen LogP contribution in [0.25, 0.3) is 0 Å². The predicted molar refractivity (Wildman–Crippen MR) is 93.4 cm³/mol. The Kier molecular flexibility index (Phi) is 5.37. The SMILES string of the molecule is COC(=O)c1ccc(CNC(=O)CSc2nnc(C)n2C2CC2)cc1. The Morgan fingerprint density at radius 1 is 1.28 bits per heavy atom. The van der Waals surface area contributed by atoms with E-state index >= 15 is 0 Å². The number of ether oxygens (including phenoxy) is 1. The van der Waals surface area contributed by atoms with Gasteiger partial charge in [0.05, 0.1) is 18.4 Å². The van der Waals surface area contributed by atoms with Gasteiger partial charge < -0.3 is 14.6 Å². The fraction of sp³-hybridized carbons (Fsp3) is 0.412. The maximum Gasteiger partial charge on any atom is 0.337 e. The van der Waals surface area contributed by atoms with E-state index in [1.807, 2.05) is 6.92 Å². The Hall–Kier alpha value is -2.35. The Labute approximate surface area is 150 Å². The third-order valence-corrected chi connectivity index (χ3v) is 4.89. The molecule has 1 aliphatic rings. The highest BCUT2D eigenvalue weighted by Gasteiger charge is 2.28. The maximum atomic E-state index is 12.1. The lowest BCUT2D eigenvalue weighted by Crippen LogP contribution is -2.24. The summed E-state index contributed by atoms with van der Waals surface area (Å²) in [5.41, 5.74) is 1.41. The number of rotatable bonds is 7. The minimum Gasteiger partial charge on any atom is -0.465 e. The number of carbonyl (C=O) groups excluding carboxylic acids is 2. The molecule has 7 nitrogen and oxygen atoms in total. The van der Waals surface area contributed by atoms with Crippen molar-refractivity contribution in [3.63, 3.8) is 0 Å². The molecule has 0 aliphatic heterocycles. The number of amides is 1. The Morgan fingerprint density at radius 2 is 2.00 bits per heavy atom. The summed E-state index contributed by atoms with van der Waals surface area (Å²) in [6.45, 7) is 2.35. The molecular weight excluding hydrogens is 340 g/mol. The van der Waals surface area contributed by atoms with E-state index in [2.05, 4.69) is 24.8 Å². The van der Waals surface area contributed by atoms with Gasteiger partial charge in [-0.25, -0.2) is 4.79 Å². The van der Waals surface area contributed by atoms with Gasteiger partial charge in [-0.3, -0.25) is 4.79 Å². The van der Waals surface area contributed by atoms with Crippen LogP contribution in [-0.4, -0.2) is 39.5 Å². The number of aromatic nitrogens is 3. The fourth-order valence-electron chi connectivity index (χ4n) is 2.46. The molecular formula is C17H20N4O3S. The molecule has 132 valence electrons. The highest BCUT2D eigenvalue weighted by Crippen LogP contribution is 2.38. The smallest absolute Gasteiger partial charge is 0.337 e. The number of methoxy groups -OCH3 is 1. The summed E-state index contributed by atoms with van der Waals surface area (Å²) in [6.07, 6.45) is 2.31. The lowest BCUT2D eigenvalue weighted by molar-refractivity contribution is -0.118. The van der Waals surface area contributed by atoms with Crippen molar-refractivity contribution in [2.24, 2.45) is 0 Å².